The van der Waals surface area contributed by atoms with Crippen LogP contribution in [0.25, 0.3) is 0 Å². The van der Waals surface area contributed by atoms with E-state index in [-0.39, 0.29) is 5.91 Å². The van der Waals surface area contributed by atoms with Crippen LogP contribution in [0.4, 0.5) is 5.69 Å². The van der Waals surface area contributed by atoms with E-state index in [1.54, 1.807) is 17.2 Å². The van der Waals surface area contributed by atoms with Crippen LogP contribution in [-0.2, 0) is 4.79 Å². The second-order valence-corrected chi connectivity index (χ2v) is 5.76. The van der Waals surface area contributed by atoms with Crippen LogP contribution in [0.1, 0.15) is 5.56 Å². The predicted molar refractivity (Wildman–Crippen MR) is 87.0 cm³/mol. The van der Waals surface area contributed by atoms with Crippen LogP contribution < -0.4 is 10.7 Å². The summed E-state index contributed by atoms with van der Waals surface area (Å²) in [7, 11) is 3.70. The minimum Gasteiger partial charge on any atom is -0.383 e. The summed E-state index contributed by atoms with van der Waals surface area (Å²) in [4.78, 5) is 13.5. The number of carbonyl (C=O) groups excluding carboxylic acids is 1. The summed E-state index contributed by atoms with van der Waals surface area (Å²) in [6.07, 6.45) is 1.73. The molecule has 0 unspecified atom stereocenters. The van der Waals surface area contributed by atoms with Crippen LogP contribution in [0, 0.1) is 6.92 Å². The Morgan fingerprint density at radius 1 is 1.33 bits per heavy atom. The molecule has 112 valence electrons. The number of amides is 1. The number of hydrogen-bond donors (Lipinski definition) is 2. The van der Waals surface area contributed by atoms with Gasteiger partial charge in [0.1, 0.15) is 0 Å². The van der Waals surface area contributed by atoms with Gasteiger partial charge in [0.05, 0.1) is 28.5 Å². The van der Waals surface area contributed by atoms with Gasteiger partial charge < -0.3 is 10.2 Å². The highest BCUT2D eigenvalue weighted by molar-refractivity contribution is 6.37. The largest absolute Gasteiger partial charge is 0.383 e. The smallest absolute Gasteiger partial charge is 0.274 e. The number of hydrogen-bond acceptors (Lipinski definition) is 4. The fourth-order valence-electron chi connectivity index (χ4n) is 1.87. The predicted octanol–water partition coefficient (Wildman–Crippen LogP) is 2.65. The molecular weight excluding hydrogens is 311 g/mol. The summed E-state index contributed by atoms with van der Waals surface area (Å²) in [5.41, 5.74) is 5.31. The maximum atomic E-state index is 11.7. The van der Waals surface area contributed by atoms with E-state index in [0.29, 0.717) is 27.9 Å². The van der Waals surface area contributed by atoms with E-state index in [2.05, 4.69) is 15.8 Å². The Bertz CT molecular complexity index is 638. The molecule has 1 aliphatic rings. The molecule has 2 N–H and O–H groups in total. The van der Waals surface area contributed by atoms with E-state index in [9.17, 15) is 4.79 Å². The number of nitrogens with one attached hydrogen (secondary N) is 2. The van der Waals surface area contributed by atoms with Crippen LogP contribution in [0.2, 0.25) is 10.0 Å². The summed E-state index contributed by atoms with van der Waals surface area (Å²) in [6.45, 7) is 2.29. The second kappa shape index (κ2) is 6.37. The Hall–Kier alpha value is -1.72. The number of anilines is 1. The van der Waals surface area contributed by atoms with Crippen LogP contribution in [0.5, 0.6) is 0 Å². The van der Waals surface area contributed by atoms with Crippen molar-refractivity contribution < 1.29 is 4.79 Å². The fraction of sp³-hybridized carbons (Fsp3) is 0.286. The third kappa shape index (κ3) is 3.68. The van der Waals surface area contributed by atoms with Crippen molar-refractivity contribution in [3.05, 3.63) is 39.5 Å². The van der Waals surface area contributed by atoms with Gasteiger partial charge in [-0.1, -0.05) is 23.2 Å². The lowest BCUT2D eigenvalue weighted by molar-refractivity contribution is -0.116. The summed E-state index contributed by atoms with van der Waals surface area (Å²) in [5.74, 6) is -0.209. The zero-order chi connectivity index (χ0) is 15.6. The van der Waals surface area contributed by atoms with Gasteiger partial charge in [-0.2, -0.15) is 5.10 Å². The van der Waals surface area contributed by atoms with Crippen LogP contribution in [0.3, 0.4) is 0 Å². The van der Waals surface area contributed by atoms with Crippen LogP contribution >= 0.6 is 23.2 Å². The van der Waals surface area contributed by atoms with Crippen molar-refractivity contribution in [2.75, 3.05) is 26.0 Å². The fourth-order valence-corrected chi connectivity index (χ4v) is 2.32. The van der Waals surface area contributed by atoms with Crippen molar-refractivity contribution in [1.29, 1.82) is 0 Å². The van der Waals surface area contributed by atoms with E-state index in [1.165, 1.54) is 0 Å². The van der Waals surface area contributed by atoms with E-state index in [0.717, 1.165) is 11.3 Å². The van der Waals surface area contributed by atoms with E-state index < -0.39 is 0 Å². The molecule has 21 heavy (non-hydrogen) atoms. The molecule has 0 fully saturated rings. The molecule has 0 aromatic heterocycles. The summed E-state index contributed by atoms with van der Waals surface area (Å²) in [5, 5.41) is 8.35. The molecule has 0 aliphatic carbocycles. The number of rotatable bonds is 4. The van der Waals surface area contributed by atoms with Gasteiger partial charge in [0, 0.05) is 25.3 Å². The van der Waals surface area contributed by atoms with E-state index in [4.69, 9.17) is 23.2 Å². The van der Waals surface area contributed by atoms with Crippen molar-refractivity contribution in [1.82, 2.24) is 10.3 Å². The highest BCUT2D eigenvalue weighted by Crippen LogP contribution is 2.28. The molecule has 5 nitrogen and oxygen atoms in total. The maximum Gasteiger partial charge on any atom is 0.274 e. The maximum absolute atomic E-state index is 11.7. The number of benzene rings is 1. The van der Waals surface area contributed by atoms with Gasteiger partial charge in [0.15, 0.2) is 0 Å². The number of carbonyl (C=O) groups is 1. The molecule has 1 aromatic carbocycles. The molecule has 0 saturated carbocycles. The molecule has 0 radical (unpaired) electrons. The lowest BCUT2D eigenvalue weighted by Crippen LogP contribution is -2.20. The third-order valence-corrected chi connectivity index (χ3v) is 3.65. The van der Waals surface area contributed by atoms with Gasteiger partial charge in [-0.3, -0.25) is 4.79 Å². The second-order valence-electron chi connectivity index (χ2n) is 4.94. The first-order chi connectivity index (χ1) is 9.88. The molecule has 0 spiro atoms. The Morgan fingerprint density at radius 3 is 2.71 bits per heavy atom. The number of hydrazone groups is 1. The number of halogens is 2. The normalized spacial score (nSPS) is 16.0. The van der Waals surface area contributed by atoms with Gasteiger partial charge in [0.25, 0.3) is 5.91 Å². The molecule has 2 rings (SSSR count). The molecule has 1 heterocycles. The average Bonchev–Trinajstić information content (AvgIpc) is 2.73. The lowest BCUT2D eigenvalue weighted by atomic mass is 10.1. The quantitative estimate of drug-likeness (QED) is 0.836. The van der Waals surface area contributed by atoms with Gasteiger partial charge in [0.2, 0.25) is 0 Å². The van der Waals surface area contributed by atoms with Crippen molar-refractivity contribution in [2.45, 2.75) is 6.92 Å². The molecule has 7 heteroatoms. The standard InChI is InChI=1S/C14H16Cl2N4O/c1-8-4-12(11(16)5-10(8)15)17-6-13-9(7-20(2)3)14(21)19-18-13/h4-5,7,17H,6H2,1-3H3,(H,19,21)/b9-7+. The Kier molecular flexibility index (Phi) is 4.75. The molecule has 0 atom stereocenters. The molecular formula is C14H16Cl2N4O. The number of nitrogens with zero attached hydrogens (tertiary/aromatic N) is 2. The Labute approximate surface area is 133 Å². The molecule has 1 aromatic rings. The van der Waals surface area contributed by atoms with Crippen molar-refractivity contribution in [2.24, 2.45) is 5.10 Å². The van der Waals surface area contributed by atoms with E-state index >= 15 is 0 Å². The minimum atomic E-state index is -0.209. The highest BCUT2D eigenvalue weighted by atomic mass is 35.5. The summed E-state index contributed by atoms with van der Waals surface area (Å²) < 4.78 is 0. The van der Waals surface area contributed by atoms with Crippen LogP contribution in [0.15, 0.2) is 29.0 Å². The highest BCUT2D eigenvalue weighted by Gasteiger charge is 2.22. The Morgan fingerprint density at radius 2 is 2.05 bits per heavy atom. The minimum absolute atomic E-state index is 0.209. The Balaban J connectivity index is 2.13. The van der Waals surface area contributed by atoms with Gasteiger partial charge in [-0.25, -0.2) is 5.43 Å². The van der Waals surface area contributed by atoms with Crippen molar-refractivity contribution >= 4 is 40.5 Å². The first kappa shape index (κ1) is 15.7. The average molecular weight is 327 g/mol. The first-order valence-corrected chi connectivity index (χ1v) is 7.09. The zero-order valence-corrected chi connectivity index (χ0v) is 13.5. The summed E-state index contributed by atoms with van der Waals surface area (Å²) >= 11 is 12.2. The summed E-state index contributed by atoms with van der Waals surface area (Å²) in [6, 6.07) is 3.56. The first-order valence-electron chi connectivity index (χ1n) is 6.33. The van der Waals surface area contributed by atoms with E-state index in [1.807, 2.05) is 27.1 Å². The van der Waals surface area contributed by atoms with Gasteiger partial charge in [-0.05, 0) is 24.6 Å². The van der Waals surface area contributed by atoms with Gasteiger partial charge >= 0.3 is 0 Å². The third-order valence-electron chi connectivity index (χ3n) is 2.93. The lowest BCUT2D eigenvalue weighted by Gasteiger charge is -2.11. The van der Waals surface area contributed by atoms with Crippen LogP contribution in [-0.4, -0.2) is 37.2 Å². The zero-order valence-electron chi connectivity index (χ0n) is 12.0. The monoisotopic (exact) mass is 326 g/mol. The topological polar surface area (TPSA) is 56.7 Å². The van der Waals surface area contributed by atoms with Gasteiger partial charge in [-0.15, -0.1) is 0 Å². The SMILES string of the molecule is Cc1cc(NCC2=NNC(=O)/C2=C/N(C)C)c(Cl)cc1Cl. The van der Waals surface area contributed by atoms with Crippen molar-refractivity contribution in [3.63, 3.8) is 0 Å². The molecule has 0 bridgehead atoms. The molecule has 0 saturated heterocycles. The van der Waals surface area contributed by atoms with Crippen molar-refractivity contribution in [3.8, 4) is 0 Å². The molecule has 1 aliphatic heterocycles. The molecule has 1 amide bonds. The number of aryl methyl sites for hydroxylation is 1.